The van der Waals surface area contributed by atoms with Crippen LogP contribution in [0.4, 0.5) is 0 Å². The molecular formula is C19H20O4. The molecule has 1 N–H and O–H groups in total. The van der Waals surface area contributed by atoms with Gasteiger partial charge in [-0.05, 0) is 31.5 Å². The fraction of sp³-hybridized carbons (Fsp3) is 0.263. The SMILES string of the molecule is Cc1cccc(COc2ccc(C)cc2C(=O)CCC(=O)O)c1. The number of carboxylic acids is 1. The standard InChI is InChI=1S/C19H20O4/c1-13-4-3-5-15(10-13)12-23-18-8-6-14(2)11-16(18)17(20)7-9-19(21)22/h3-6,8,10-11H,7,9,12H2,1-2H3,(H,21,22). The number of carbonyl (C=O) groups excluding carboxylic acids is 1. The molecular weight excluding hydrogens is 292 g/mol. The van der Waals surface area contributed by atoms with Gasteiger partial charge in [-0.1, -0.05) is 41.5 Å². The van der Waals surface area contributed by atoms with E-state index in [1.807, 2.05) is 44.2 Å². The molecule has 0 spiro atoms. The van der Waals surface area contributed by atoms with Crippen molar-refractivity contribution in [2.45, 2.75) is 33.3 Å². The molecule has 4 heteroatoms. The number of aryl methyl sites for hydroxylation is 2. The minimum Gasteiger partial charge on any atom is -0.488 e. The van der Waals surface area contributed by atoms with Crippen LogP contribution in [0.2, 0.25) is 0 Å². The van der Waals surface area contributed by atoms with Crippen molar-refractivity contribution < 1.29 is 19.4 Å². The fourth-order valence-electron chi connectivity index (χ4n) is 2.31. The van der Waals surface area contributed by atoms with Gasteiger partial charge in [0, 0.05) is 6.42 Å². The predicted octanol–water partition coefficient (Wildman–Crippen LogP) is 3.93. The Bertz CT molecular complexity index is 719. The van der Waals surface area contributed by atoms with Crippen molar-refractivity contribution in [3.05, 3.63) is 64.7 Å². The molecule has 0 radical (unpaired) electrons. The first-order valence-electron chi connectivity index (χ1n) is 7.49. The van der Waals surface area contributed by atoms with E-state index in [1.165, 1.54) is 0 Å². The maximum absolute atomic E-state index is 12.2. The molecule has 0 unspecified atom stereocenters. The summed E-state index contributed by atoms with van der Waals surface area (Å²) in [6, 6.07) is 13.3. The second-order valence-electron chi connectivity index (χ2n) is 5.59. The van der Waals surface area contributed by atoms with Gasteiger partial charge in [0.15, 0.2) is 5.78 Å². The zero-order chi connectivity index (χ0) is 16.8. The van der Waals surface area contributed by atoms with Gasteiger partial charge in [0.05, 0.1) is 12.0 Å². The Morgan fingerprint density at radius 3 is 2.43 bits per heavy atom. The molecule has 0 aromatic heterocycles. The van der Waals surface area contributed by atoms with Crippen molar-refractivity contribution >= 4 is 11.8 Å². The van der Waals surface area contributed by atoms with E-state index in [9.17, 15) is 9.59 Å². The van der Waals surface area contributed by atoms with E-state index in [-0.39, 0.29) is 18.6 Å². The van der Waals surface area contributed by atoms with Crippen LogP contribution in [-0.2, 0) is 11.4 Å². The highest BCUT2D eigenvalue weighted by Crippen LogP contribution is 2.23. The van der Waals surface area contributed by atoms with E-state index in [0.717, 1.165) is 16.7 Å². The Morgan fingerprint density at radius 1 is 1.00 bits per heavy atom. The highest BCUT2D eigenvalue weighted by Gasteiger charge is 2.14. The number of ether oxygens (including phenoxy) is 1. The lowest BCUT2D eigenvalue weighted by molar-refractivity contribution is -0.136. The number of hydrogen-bond acceptors (Lipinski definition) is 3. The highest BCUT2D eigenvalue weighted by atomic mass is 16.5. The second kappa shape index (κ2) is 7.58. The van der Waals surface area contributed by atoms with Crippen molar-refractivity contribution in [1.82, 2.24) is 0 Å². The van der Waals surface area contributed by atoms with Gasteiger partial charge < -0.3 is 9.84 Å². The molecule has 0 aliphatic rings. The summed E-state index contributed by atoms with van der Waals surface area (Å²) in [4.78, 5) is 22.9. The summed E-state index contributed by atoms with van der Waals surface area (Å²) >= 11 is 0. The van der Waals surface area contributed by atoms with Crippen LogP contribution in [0.1, 0.15) is 39.9 Å². The van der Waals surface area contributed by atoms with E-state index in [1.54, 1.807) is 12.1 Å². The molecule has 23 heavy (non-hydrogen) atoms. The number of aliphatic carboxylic acids is 1. The topological polar surface area (TPSA) is 63.6 Å². The molecule has 0 aliphatic carbocycles. The fourth-order valence-corrected chi connectivity index (χ4v) is 2.31. The minimum absolute atomic E-state index is 0.0282. The molecule has 0 fully saturated rings. The molecule has 0 bridgehead atoms. The lowest BCUT2D eigenvalue weighted by Gasteiger charge is -2.12. The number of hydrogen-bond donors (Lipinski definition) is 1. The van der Waals surface area contributed by atoms with Gasteiger partial charge in [0.2, 0.25) is 0 Å². The number of carboxylic acid groups (broad SMARTS) is 1. The molecule has 0 heterocycles. The molecule has 2 aromatic rings. The first kappa shape index (κ1) is 16.7. The molecule has 0 atom stereocenters. The van der Waals surface area contributed by atoms with Gasteiger partial charge in [0.25, 0.3) is 0 Å². The summed E-state index contributed by atoms with van der Waals surface area (Å²) in [5.41, 5.74) is 3.55. The van der Waals surface area contributed by atoms with E-state index in [0.29, 0.717) is 17.9 Å². The van der Waals surface area contributed by atoms with E-state index < -0.39 is 5.97 Å². The Balaban J connectivity index is 2.14. The highest BCUT2D eigenvalue weighted by molar-refractivity contribution is 6.00. The quantitative estimate of drug-likeness (QED) is 0.787. The van der Waals surface area contributed by atoms with Gasteiger partial charge in [-0.3, -0.25) is 9.59 Å². The normalized spacial score (nSPS) is 10.3. The summed E-state index contributed by atoms with van der Waals surface area (Å²) < 4.78 is 5.79. The van der Waals surface area contributed by atoms with Crippen molar-refractivity contribution in [3.63, 3.8) is 0 Å². The Kier molecular flexibility index (Phi) is 5.52. The third-order valence-electron chi connectivity index (χ3n) is 3.48. The first-order valence-corrected chi connectivity index (χ1v) is 7.49. The molecule has 0 saturated carbocycles. The maximum atomic E-state index is 12.2. The molecule has 0 aliphatic heterocycles. The third kappa shape index (κ3) is 4.95. The average molecular weight is 312 g/mol. The number of rotatable bonds is 7. The molecule has 2 aromatic carbocycles. The van der Waals surface area contributed by atoms with E-state index >= 15 is 0 Å². The van der Waals surface area contributed by atoms with Crippen LogP contribution in [0.5, 0.6) is 5.75 Å². The summed E-state index contributed by atoms with van der Waals surface area (Å²) in [7, 11) is 0. The number of Topliss-reactive ketones (excluding diaryl/α,β-unsaturated/α-hetero) is 1. The number of carbonyl (C=O) groups is 2. The van der Waals surface area contributed by atoms with Crippen LogP contribution in [0.25, 0.3) is 0 Å². The molecule has 0 amide bonds. The van der Waals surface area contributed by atoms with E-state index in [4.69, 9.17) is 9.84 Å². The van der Waals surface area contributed by atoms with Gasteiger partial charge in [-0.25, -0.2) is 0 Å². The summed E-state index contributed by atoms with van der Waals surface area (Å²) in [6.45, 7) is 4.26. The van der Waals surface area contributed by atoms with Crippen LogP contribution in [-0.4, -0.2) is 16.9 Å². The zero-order valence-electron chi connectivity index (χ0n) is 13.3. The van der Waals surface area contributed by atoms with Gasteiger partial charge >= 0.3 is 5.97 Å². The van der Waals surface area contributed by atoms with Crippen molar-refractivity contribution in [1.29, 1.82) is 0 Å². The number of benzene rings is 2. The zero-order valence-corrected chi connectivity index (χ0v) is 13.3. The van der Waals surface area contributed by atoms with Crippen molar-refractivity contribution in [3.8, 4) is 5.75 Å². The van der Waals surface area contributed by atoms with Crippen LogP contribution < -0.4 is 4.74 Å². The molecule has 2 rings (SSSR count). The summed E-state index contributed by atoms with van der Waals surface area (Å²) in [5.74, 6) is -0.698. The average Bonchev–Trinajstić information content (AvgIpc) is 2.51. The Labute approximate surface area is 135 Å². The number of ketones is 1. The lowest BCUT2D eigenvalue weighted by atomic mass is 10.0. The minimum atomic E-state index is -0.978. The smallest absolute Gasteiger partial charge is 0.303 e. The molecule has 120 valence electrons. The summed E-state index contributed by atoms with van der Waals surface area (Å²) in [5, 5.41) is 8.73. The Morgan fingerprint density at radius 2 is 1.74 bits per heavy atom. The molecule has 4 nitrogen and oxygen atoms in total. The van der Waals surface area contributed by atoms with Gasteiger partial charge in [-0.2, -0.15) is 0 Å². The van der Waals surface area contributed by atoms with Crippen molar-refractivity contribution in [2.24, 2.45) is 0 Å². The second-order valence-corrected chi connectivity index (χ2v) is 5.59. The van der Waals surface area contributed by atoms with Crippen LogP contribution >= 0.6 is 0 Å². The first-order chi connectivity index (χ1) is 11.0. The van der Waals surface area contributed by atoms with E-state index in [2.05, 4.69) is 0 Å². The van der Waals surface area contributed by atoms with Crippen molar-refractivity contribution in [2.75, 3.05) is 0 Å². The van der Waals surface area contributed by atoms with Crippen LogP contribution in [0.15, 0.2) is 42.5 Å². The van der Waals surface area contributed by atoms with Gasteiger partial charge in [0.1, 0.15) is 12.4 Å². The lowest BCUT2D eigenvalue weighted by Crippen LogP contribution is -2.07. The van der Waals surface area contributed by atoms with Crippen LogP contribution in [0, 0.1) is 13.8 Å². The third-order valence-corrected chi connectivity index (χ3v) is 3.48. The monoisotopic (exact) mass is 312 g/mol. The van der Waals surface area contributed by atoms with Crippen LogP contribution in [0.3, 0.4) is 0 Å². The predicted molar refractivity (Wildman–Crippen MR) is 87.9 cm³/mol. The molecule has 0 saturated heterocycles. The van der Waals surface area contributed by atoms with Gasteiger partial charge in [-0.15, -0.1) is 0 Å². The maximum Gasteiger partial charge on any atom is 0.303 e. The largest absolute Gasteiger partial charge is 0.488 e. The Hall–Kier alpha value is -2.62. The summed E-state index contributed by atoms with van der Waals surface area (Å²) in [6.07, 6.45) is -0.205.